The fourth-order valence-corrected chi connectivity index (χ4v) is 4.24. The summed E-state index contributed by atoms with van der Waals surface area (Å²) in [4.78, 5) is 42.8. The lowest BCUT2D eigenvalue weighted by atomic mass is 9.98. The van der Waals surface area contributed by atoms with Crippen LogP contribution in [0.4, 0.5) is 4.79 Å². The second-order valence-electron chi connectivity index (χ2n) is 8.31. The van der Waals surface area contributed by atoms with Crippen LogP contribution in [0, 0.1) is 0 Å². The Kier molecular flexibility index (Phi) is 6.91. The molecule has 3 aromatic rings. The van der Waals surface area contributed by atoms with E-state index >= 15 is 0 Å². The van der Waals surface area contributed by atoms with Gasteiger partial charge >= 0.3 is 12.1 Å². The number of aromatic nitrogens is 2. The maximum Gasteiger partial charge on any atom is 0.407 e. The van der Waals surface area contributed by atoms with Crippen LogP contribution in [0.15, 0.2) is 61.1 Å². The van der Waals surface area contributed by atoms with Crippen molar-refractivity contribution in [1.82, 2.24) is 20.6 Å². The zero-order chi connectivity index (χ0) is 24.1. The normalized spacial score (nSPS) is 13.9. The highest BCUT2D eigenvalue weighted by Gasteiger charge is 2.29. The molecule has 4 rings (SSSR count). The molecule has 34 heavy (non-hydrogen) atoms. The summed E-state index contributed by atoms with van der Waals surface area (Å²) < 4.78 is 5.49. The van der Waals surface area contributed by atoms with Gasteiger partial charge < -0.3 is 25.5 Å². The number of ether oxygens (including phenoxy) is 1. The van der Waals surface area contributed by atoms with Crippen molar-refractivity contribution in [3.05, 3.63) is 77.9 Å². The van der Waals surface area contributed by atoms with Gasteiger partial charge in [0.2, 0.25) is 5.91 Å². The summed E-state index contributed by atoms with van der Waals surface area (Å²) in [6.07, 6.45) is 2.31. The minimum atomic E-state index is -1.15. The molecule has 0 aliphatic heterocycles. The third-order valence-corrected chi connectivity index (χ3v) is 5.81. The summed E-state index contributed by atoms with van der Waals surface area (Å²) in [5.74, 6) is -1.70. The van der Waals surface area contributed by atoms with Gasteiger partial charge in [0.05, 0.1) is 6.33 Å². The Balaban J connectivity index is 1.28. The highest BCUT2D eigenvalue weighted by Crippen LogP contribution is 2.44. The number of alkyl carbamates (subject to hydrolysis) is 1. The molecule has 2 amide bonds. The Labute approximate surface area is 196 Å². The molecule has 1 heterocycles. The van der Waals surface area contributed by atoms with Gasteiger partial charge in [-0.3, -0.25) is 4.79 Å². The molecule has 9 heteroatoms. The van der Waals surface area contributed by atoms with Crippen molar-refractivity contribution in [2.75, 3.05) is 6.61 Å². The number of benzene rings is 2. The minimum absolute atomic E-state index is 0.0597. The monoisotopic (exact) mass is 462 g/mol. The SMILES string of the molecule is CC(CC(=O)N[C@@H](Cc1cnc[nH]1)C(=O)O)NC(=O)OCC1c2ccccc2-c2ccccc21. The van der Waals surface area contributed by atoms with E-state index in [1.807, 2.05) is 36.4 Å². The number of aromatic amines is 1. The van der Waals surface area contributed by atoms with E-state index in [0.29, 0.717) is 5.69 Å². The molecule has 0 spiro atoms. The van der Waals surface area contributed by atoms with Crippen LogP contribution < -0.4 is 10.6 Å². The first-order valence-electron chi connectivity index (χ1n) is 11.0. The summed E-state index contributed by atoms with van der Waals surface area (Å²) in [7, 11) is 0. The minimum Gasteiger partial charge on any atom is -0.480 e. The average Bonchev–Trinajstić information content (AvgIpc) is 3.43. The number of carbonyl (C=O) groups excluding carboxylic acids is 2. The van der Waals surface area contributed by atoms with Crippen LogP contribution in [0.1, 0.15) is 36.1 Å². The smallest absolute Gasteiger partial charge is 0.407 e. The molecule has 176 valence electrons. The standard InChI is InChI=1S/C25H26N4O5/c1-15(10-23(30)29-22(24(31)32)11-16-12-26-14-27-16)28-25(33)34-13-21-19-8-4-2-6-17(19)18-7-3-5-9-20(18)21/h2-9,12,14-15,21-22H,10-11,13H2,1H3,(H,26,27)(H,28,33)(H,29,30)(H,31,32)/t15?,22-/m0/s1. The van der Waals surface area contributed by atoms with Crippen LogP contribution in [0.5, 0.6) is 0 Å². The van der Waals surface area contributed by atoms with Gasteiger partial charge in [-0.2, -0.15) is 0 Å². The number of nitrogens with one attached hydrogen (secondary N) is 3. The van der Waals surface area contributed by atoms with E-state index in [9.17, 15) is 19.5 Å². The number of hydrogen-bond donors (Lipinski definition) is 4. The van der Waals surface area contributed by atoms with Crippen molar-refractivity contribution in [2.45, 2.75) is 37.8 Å². The first-order valence-corrected chi connectivity index (χ1v) is 11.0. The molecule has 0 fully saturated rings. The number of imidazole rings is 1. The first kappa shape index (κ1) is 23.0. The van der Waals surface area contributed by atoms with Crippen LogP contribution in [0.2, 0.25) is 0 Å². The average molecular weight is 463 g/mol. The molecule has 1 unspecified atom stereocenters. The summed E-state index contributed by atoms with van der Waals surface area (Å²) >= 11 is 0. The Hall–Kier alpha value is -4.14. The number of carboxylic acid groups (broad SMARTS) is 1. The van der Waals surface area contributed by atoms with Gasteiger partial charge in [-0.25, -0.2) is 14.6 Å². The molecular formula is C25H26N4O5. The molecule has 1 aliphatic rings. The van der Waals surface area contributed by atoms with Crippen molar-refractivity contribution in [2.24, 2.45) is 0 Å². The largest absolute Gasteiger partial charge is 0.480 e. The van der Waals surface area contributed by atoms with Crippen LogP contribution in [-0.2, 0) is 20.7 Å². The molecule has 2 atom stereocenters. The van der Waals surface area contributed by atoms with E-state index < -0.39 is 30.1 Å². The quantitative estimate of drug-likeness (QED) is 0.386. The van der Waals surface area contributed by atoms with Crippen molar-refractivity contribution in [1.29, 1.82) is 0 Å². The number of carbonyl (C=O) groups is 3. The maximum atomic E-state index is 12.4. The predicted molar refractivity (Wildman–Crippen MR) is 124 cm³/mol. The van der Waals surface area contributed by atoms with Crippen molar-refractivity contribution in [3.8, 4) is 11.1 Å². The number of hydrogen-bond acceptors (Lipinski definition) is 5. The van der Waals surface area contributed by atoms with E-state index in [1.54, 1.807) is 6.92 Å². The van der Waals surface area contributed by atoms with Crippen LogP contribution in [-0.4, -0.2) is 51.7 Å². The molecule has 0 radical (unpaired) electrons. The zero-order valence-electron chi connectivity index (χ0n) is 18.7. The van der Waals surface area contributed by atoms with Crippen LogP contribution in [0.3, 0.4) is 0 Å². The maximum absolute atomic E-state index is 12.4. The number of fused-ring (bicyclic) bond motifs is 3. The van der Waals surface area contributed by atoms with Gasteiger partial charge in [0.25, 0.3) is 0 Å². The number of aliphatic carboxylic acids is 1. The second kappa shape index (κ2) is 10.2. The molecule has 4 N–H and O–H groups in total. The fraction of sp³-hybridized carbons (Fsp3) is 0.280. The molecule has 0 bridgehead atoms. The molecule has 1 aromatic heterocycles. The number of nitrogens with zero attached hydrogens (tertiary/aromatic N) is 1. The molecule has 1 aliphatic carbocycles. The predicted octanol–water partition coefficient (Wildman–Crippen LogP) is 2.84. The van der Waals surface area contributed by atoms with Gasteiger partial charge in [-0.15, -0.1) is 0 Å². The van der Waals surface area contributed by atoms with E-state index in [-0.39, 0.29) is 25.4 Å². The first-order chi connectivity index (χ1) is 16.4. The summed E-state index contributed by atoms with van der Waals surface area (Å²) in [6.45, 7) is 1.83. The number of amides is 2. The number of H-pyrrole nitrogens is 1. The van der Waals surface area contributed by atoms with Gasteiger partial charge in [0.15, 0.2) is 0 Å². The van der Waals surface area contributed by atoms with E-state index in [0.717, 1.165) is 22.3 Å². The van der Waals surface area contributed by atoms with Gasteiger partial charge in [0, 0.05) is 36.7 Å². The third-order valence-electron chi connectivity index (χ3n) is 5.81. The summed E-state index contributed by atoms with van der Waals surface area (Å²) in [5.41, 5.74) is 5.10. The van der Waals surface area contributed by atoms with Gasteiger partial charge in [0.1, 0.15) is 12.6 Å². The Bertz CT molecular complexity index is 1130. The number of rotatable bonds is 9. The topological polar surface area (TPSA) is 133 Å². The highest BCUT2D eigenvalue weighted by molar-refractivity contribution is 5.84. The molecular weight excluding hydrogens is 436 g/mol. The summed E-state index contributed by atoms with van der Waals surface area (Å²) in [5, 5.41) is 14.5. The molecule has 0 saturated carbocycles. The van der Waals surface area contributed by atoms with Crippen molar-refractivity contribution < 1.29 is 24.2 Å². The van der Waals surface area contributed by atoms with Crippen LogP contribution in [0.25, 0.3) is 11.1 Å². The van der Waals surface area contributed by atoms with E-state index in [1.165, 1.54) is 12.5 Å². The Morgan fingerprint density at radius 2 is 1.71 bits per heavy atom. The Morgan fingerprint density at radius 3 is 2.29 bits per heavy atom. The molecule has 0 saturated heterocycles. The van der Waals surface area contributed by atoms with Crippen LogP contribution >= 0.6 is 0 Å². The van der Waals surface area contributed by atoms with Crippen molar-refractivity contribution in [3.63, 3.8) is 0 Å². The van der Waals surface area contributed by atoms with Gasteiger partial charge in [-0.1, -0.05) is 48.5 Å². The van der Waals surface area contributed by atoms with Gasteiger partial charge in [-0.05, 0) is 29.2 Å². The van der Waals surface area contributed by atoms with E-state index in [4.69, 9.17) is 4.74 Å². The lowest BCUT2D eigenvalue weighted by Crippen LogP contribution is -2.45. The summed E-state index contributed by atoms with van der Waals surface area (Å²) in [6, 6.07) is 14.5. The lowest BCUT2D eigenvalue weighted by Gasteiger charge is -2.18. The molecule has 9 nitrogen and oxygen atoms in total. The van der Waals surface area contributed by atoms with Crippen molar-refractivity contribution >= 4 is 18.0 Å². The number of carboxylic acids is 1. The Morgan fingerprint density at radius 1 is 1.06 bits per heavy atom. The van der Waals surface area contributed by atoms with E-state index in [2.05, 4.69) is 32.7 Å². The highest BCUT2D eigenvalue weighted by atomic mass is 16.5. The molecule has 2 aromatic carbocycles. The lowest BCUT2D eigenvalue weighted by molar-refractivity contribution is -0.141. The zero-order valence-corrected chi connectivity index (χ0v) is 18.7. The fourth-order valence-electron chi connectivity index (χ4n) is 4.24. The third kappa shape index (κ3) is 5.25. The second-order valence-corrected chi connectivity index (χ2v) is 8.31.